The van der Waals surface area contributed by atoms with E-state index < -0.39 is 0 Å². The van der Waals surface area contributed by atoms with Crippen LogP contribution in [-0.2, 0) is 0 Å². The molecule has 0 atom stereocenters. The first-order valence-electron chi connectivity index (χ1n) is 7.62. The molecular formula is C18H18BrClN2O2. The van der Waals surface area contributed by atoms with E-state index in [9.17, 15) is 9.59 Å². The molecule has 0 saturated heterocycles. The Hall–Kier alpha value is -1.85. The molecule has 0 unspecified atom stereocenters. The van der Waals surface area contributed by atoms with Gasteiger partial charge in [-0.25, -0.2) is 0 Å². The minimum atomic E-state index is -0.320. The van der Waals surface area contributed by atoms with E-state index in [2.05, 4.69) is 21.2 Å². The van der Waals surface area contributed by atoms with Crippen LogP contribution in [0.25, 0.3) is 0 Å². The minimum absolute atomic E-state index is 0.0576. The summed E-state index contributed by atoms with van der Waals surface area (Å²) in [5.41, 5.74) is 1.47. The number of nitrogens with one attached hydrogen (secondary N) is 1. The smallest absolute Gasteiger partial charge is 0.257 e. The van der Waals surface area contributed by atoms with Gasteiger partial charge in [-0.05, 0) is 50.2 Å². The number of hydrogen-bond donors (Lipinski definition) is 1. The summed E-state index contributed by atoms with van der Waals surface area (Å²) in [6, 6.07) is 12.0. The number of hydrogen-bond acceptors (Lipinski definition) is 2. The summed E-state index contributed by atoms with van der Waals surface area (Å²) in [6.45, 7) is 5.14. The van der Waals surface area contributed by atoms with Crippen molar-refractivity contribution in [3.63, 3.8) is 0 Å². The van der Waals surface area contributed by atoms with Crippen LogP contribution in [0.3, 0.4) is 0 Å². The first-order chi connectivity index (χ1) is 11.5. The Balaban J connectivity index is 2.20. The van der Waals surface area contributed by atoms with Gasteiger partial charge in [0.2, 0.25) is 0 Å². The lowest BCUT2D eigenvalue weighted by molar-refractivity contribution is 0.0772. The highest BCUT2D eigenvalue weighted by Gasteiger charge is 2.14. The van der Waals surface area contributed by atoms with Gasteiger partial charge in [-0.15, -0.1) is 0 Å². The molecule has 2 aromatic rings. The molecule has 0 bridgehead atoms. The summed E-state index contributed by atoms with van der Waals surface area (Å²) >= 11 is 9.41. The van der Waals surface area contributed by atoms with E-state index in [1.54, 1.807) is 47.4 Å². The zero-order chi connectivity index (χ0) is 17.7. The maximum absolute atomic E-state index is 12.4. The second kappa shape index (κ2) is 8.31. The van der Waals surface area contributed by atoms with Gasteiger partial charge >= 0.3 is 0 Å². The lowest BCUT2D eigenvalue weighted by atomic mass is 10.1. The molecule has 0 aliphatic rings. The van der Waals surface area contributed by atoms with Crippen molar-refractivity contribution < 1.29 is 9.59 Å². The number of nitrogens with zero attached hydrogens (tertiary/aromatic N) is 1. The van der Waals surface area contributed by atoms with Gasteiger partial charge in [0.15, 0.2) is 0 Å². The quantitative estimate of drug-likeness (QED) is 0.768. The minimum Gasteiger partial charge on any atom is -0.339 e. The fourth-order valence-electron chi connectivity index (χ4n) is 2.30. The molecule has 0 heterocycles. The van der Waals surface area contributed by atoms with Gasteiger partial charge in [-0.2, -0.15) is 0 Å². The standard InChI is InChI=1S/C18H18BrClN2O2/c1-3-22(4-2)18(24)12-6-5-7-14(10-12)21-17(23)15-9-8-13(19)11-16(15)20/h5-11H,3-4H2,1-2H3,(H,21,23). The summed E-state index contributed by atoms with van der Waals surface area (Å²) in [5, 5.41) is 3.14. The topological polar surface area (TPSA) is 49.4 Å². The van der Waals surface area contributed by atoms with Gasteiger partial charge < -0.3 is 10.2 Å². The Bertz CT molecular complexity index is 760. The molecule has 2 aromatic carbocycles. The molecule has 0 radical (unpaired) electrons. The number of carbonyl (C=O) groups excluding carboxylic acids is 2. The highest BCUT2D eigenvalue weighted by atomic mass is 79.9. The lowest BCUT2D eigenvalue weighted by Crippen LogP contribution is -2.30. The maximum atomic E-state index is 12.4. The van der Waals surface area contributed by atoms with E-state index >= 15 is 0 Å². The molecular weight excluding hydrogens is 392 g/mol. The van der Waals surface area contributed by atoms with Crippen molar-refractivity contribution in [2.45, 2.75) is 13.8 Å². The number of halogens is 2. The van der Waals surface area contributed by atoms with Crippen LogP contribution in [0.15, 0.2) is 46.9 Å². The predicted molar refractivity (Wildman–Crippen MR) is 101 cm³/mol. The summed E-state index contributed by atoms with van der Waals surface area (Å²) in [6.07, 6.45) is 0. The molecule has 2 amide bonds. The van der Waals surface area contributed by atoms with Gasteiger partial charge in [-0.1, -0.05) is 33.6 Å². The molecule has 0 aromatic heterocycles. The van der Waals surface area contributed by atoms with Crippen LogP contribution < -0.4 is 5.32 Å². The first-order valence-corrected chi connectivity index (χ1v) is 8.79. The Labute approximate surface area is 154 Å². The van der Waals surface area contributed by atoms with E-state index in [4.69, 9.17) is 11.6 Å². The predicted octanol–water partition coefficient (Wildman–Crippen LogP) is 4.84. The highest BCUT2D eigenvalue weighted by molar-refractivity contribution is 9.10. The van der Waals surface area contributed by atoms with Crippen molar-refractivity contribution in [3.8, 4) is 0 Å². The molecule has 1 N–H and O–H groups in total. The molecule has 0 aliphatic carbocycles. The summed E-state index contributed by atoms with van der Waals surface area (Å²) in [7, 11) is 0. The van der Waals surface area contributed by atoms with Crippen molar-refractivity contribution in [1.29, 1.82) is 0 Å². The number of anilines is 1. The molecule has 0 fully saturated rings. The van der Waals surface area contributed by atoms with E-state index in [-0.39, 0.29) is 11.8 Å². The van der Waals surface area contributed by atoms with Crippen molar-refractivity contribution in [2.24, 2.45) is 0 Å². The van der Waals surface area contributed by atoms with Crippen LogP contribution >= 0.6 is 27.5 Å². The van der Waals surface area contributed by atoms with Gasteiger partial charge in [-0.3, -0.25) is 9.59 Å². The van der Waals surface area contributed by atoms with Crippen molar-refractivity contribution in [2.75, 3.05) is 18.4 Å². The third-order valence-electron chi connectivity index (χ3n) is 3.59. The Morgan fingerprint density at radius 1 is 1.12 bits per heavy atom. The second-order valence-corrected chi connectivity index (χ2v) is 6.46. The Morgan fingerprint density at radius 3 is 2.46 bits per heavy atom. The molecule has 0 aliphatic heterocycles. The van der Waals surface area contributed by atoms with Gasteiger partial charge in [0.05, 0.1) is 10.6 Å². The molecule has 6 heteroatoms. The maximum Gasteiger partial charge on any atom is 0.257 e. The largest absolute Gasteiger partial charge is 0.339 e. The molecule has 0 saturated carbocycles. The van der Waals surface area contributed by atoms with E-state index in [0.717, 1.165) is 4.47 Å². The van der Waals surface area contributed by atoms with Gasteiger partial charge in [0, 0.05) is 28.8 Å². The molecule has 0 spiro atoms. The third-order valence-corrected chi connectivity index (χ3v) is 4.40. The Kier molecular flexibility index (Phi) is 6.40. The van der Waals surface area contributed by atoms with Crippen LogP contribution in [0.2, 0.25) is 5.02 Å². The second-order valence-electron chi connectivity index (χ2n) is 5.14. The zero-order valence-electron chi connectivity index (χ0n) is 13.5. The highest BCUT2D eigenvalue weighted by Crippen LogP contribution is 2.22. The van der Waals surface area contributed by atoms with Crippen LogP contribution in [0.1, 0.15) is 34.6 Å². The monoisotopic (exact) mass is 408 g/mol. The number of carbonyl (C=O) groups is 2. The average Bonchev–Trinajstić information content (AvgIpc) is 2.56. The van der Waals surface area contributed by atoms with Crippen molar-refractivity contribution in [3.05, 3.63) is 63.1 Å². The average molecular weight is 410 g/mol. The van der Waals surface area contributed by atoms with Gasteiger partial charge in [0.1, 0.15) is 0 Å². The fraction of sp³-hybridized carbons (Fsp3) is 0.222. The van der Waals surface area contributed by atoms with Crippen LogP contribution in [0, 0.1) is 0 Å². The van der Waals surface area contributed by atoms with Crippen LogP contribution in [0.5, 0.6) is 0 Å². The van der Waals surface area contributed by atoms with Crippen LogP contribution in [-0.4, -0.2) is 29.8 Å². The fourth-order valence-corrected chi connectivity index (χ4v) is 3.05. The van der Waals surface area contributed by atoms with E-state index in [1.165, 1.54) is 0 Å². The first kappa shape index (κ1) is 18.5. The number of rotatable bonds is 5. The molecule has 2 rings (SSSR count). The number of benzene rings is 2. The summed E-state index contributed by atoms with van der Waals surface area (Å²) in [4.78, 5) is 26.5. The molecule has 126 valence electrons. The van der Waals surface area contributed by atoms with E-state index in [1.807, 2.05) is 13.8 Å². The molecule has 4 nitrogen and oxygen atoms in total. The normalized spacial score (nSPS) is 10.3. The Morgan fingerprint density at radius 2 is 1.83 bits per heavy atom. The number of amides is 2. The summed E-state index contributed by atoms with van der Waals surface area (Å²) < 4.78 is 0.802. The van der Waals surface area contributed by atoms with Gasteiger partial charge in [0.25, 0.3) is 11.8 Å². The summed E-state index contributed by atoms with van der Waals surface area (Å²) in [5.74, 6) is -0.377. The molecule has 24 heavy (non-hydrogen) atoms. The SMILES string of the molecule is CCN(CC)C(=O)c1cccc(NC(=O)c2ccc(Br)cc2Cl)c1. The third kappa shape index (κ3) is 4.36. The van der Waals surface area contributed by atoms with Crippen LogP contribution in [0.4, 0.5) is 5.69 Å². The lowest BCUT2D eigenvalue weighted by Gasteiger charge is -2.19. The van der Waals surface area contributed by atoms with E-state index in [0.29, 0.717) is 34.9 Å². The van der Waals surface area contributed by atoms with Crippen molar-refractivity contribution >= 4 is 45.0 Å². The van der Waals surface area contributed by atoms with Crippen molar-refractivity contribution in [1.82, 2.24) is 4.90 Å². The zero-order valence-corrected chi connectivity index (χ0v) is 15.8.